The Morgan fingerprint density at radius 3 is 2.13 bits per heavy atom. The number of aromatic nitrogens is 3. The predicted molar refractivity (Wildman–Crippen MR) is 92.5 cm³/mol. The molecule has 4 N–H and O–H groups in total. The Labute approximate surface area is 133 Å². The van der Waals surface area contributed by atoms with Crippen molar-refractivity contribution in [2.24, 2.45) is 0 Å². The van der Waals surface area contributed by atoms with E-state index >= 15 is 0 Å². The van der Waals surface area contributed by atoms with Gasteiger partial charge in [0.1, 0.15) is 0 Å². The molecule has 3 aromatic heterocycles. The monoisotopic (exact) mass is 300 g/mol. The molecule has 23 heavy (non-hydrogen) atoms. The molecule has 3 aromatic rings. The first-order valence-electron chi connectivity index (χ1n) is 7.76. The molecule has 5 rings (SSSR count). The maximum Gasteiger partial charge on any atom is 0.0624 e. The first kappa shape index (κ1) is 12.4. The van der Waals surface area contributed by atoms with Gasteiger partial charge in [-0.3, -0.25) is 0 Å². The molecule has 8 bridgehead atoms. The van der Waals surface area contributed by atoms with Gasteiger partial charge >= 0.3 is 0 Å². The number of nitrogens with one attached hydrogen (secondary N) is 4. The molecule has 0 aliphatic carbocycles. The smallest absolute Gasteiger partial charge is 0.0624 e. The Morgan fingerprint density at radius 1 is 0.652 bits per heavy atom. The van der Waals surface area contributed by atoms with Gasteiger partial charge in [0.2, 0.25) is 0 Å². The van der Waals surface area contributed by atoms with Crippen molar-refractivity contribution in [1.82, 2.24) is 20.3 Å². The van der Waals surface area contributed by atoms with Gasteiger partial charge in [-0.25, -0.2) is 0 Å². The summed E-state index contributed by atoms with van der Waals surface area (Å²) in [5.41, 5.74) is 6.70. The lowest BCUT2D eigenvalue weighted by Gasteiger charge is -2.01. The standard InChI is InChI=1S/C19H16N4/c1-3-14-10-16-5-7-18(22-16)19-8-6-17(23-19)11-15-4-2-13(21-15)9-12(1)20-14/h1-3,5-11,20-23H,4H2. The van der Waals surface area contributed by atoms with Crippen molar-refractivity contribution in [2.75, 3.05) is 0 Å². The van der Waals surface area contributed by atoms with Crippen LogP contribution in [0.25, 0.3) is 29.6 Å². The Kier molecular flexibility index (Phi) is 2.52. The summed E-state index contributed by atoms with van der Waals surface area (Å²) in [5, 5.41) is 5.65. The van der Waals surface area contributed by atoms with E-state index in [1.165, 1.54) is 5.70 Å². The number of allylic oxidation sites excluding steroid dienone is 2. The molecular weight excluding hydrogens is 284 g/mol. The Morgan fingerprint density at radius 2 is 1.35 bits per heavy atom. The van der Waals surface area contributed by atoms with Crippen molar-refractivity contribution in [2.45, 2.75) is 6.42 Å². The molecule has 0 unspecified atom stereocenters. The minimum atomic E-state index is 0.923. The first-order chi connectivity index (χ1) is 11.3. The van der Waals surface area contributed by atoms with Crippen molar-refractivity contribution in [3.8, 4) is 11.4 Å². The summed E-state index contributed by atoms with van der Waals surface area (Å²) in [5.74, 6) is 0. The topological polar surface area (TPSA) is 59.4 Å². The zero-order valence-electron chi connectivity index (χ0n) is 12.5. The SMILES string of the molecule is C1=C2C=c3ccc([nH]3)=Cc3ccc([nH]3)-c3ccc([nH]3)C=C(C1)N2. The molecule has 2 aliphatic rings. The second-order valence-electron chi connectivity index (χ2n) is 5.97. The van der Waals surface area contributed by atoms with Crippen LogP contribution in [0.15, 0.2) is 53.9 Å². The zero-order chi connectivity index (χ0) is 15.2. The maximum atomic E-state index is 3.47. The lowest BCUT2D eigenvalue weighted by molar-refractivity contribution is 1.05. The van der Waals surface area contributed by atoms with Crippen molar-refractivity contribution in [1.29, 1.82) is 0 Å². The minimum absolute atomic E-state index is 0.923. The number of rotatable bonds is 0. The third-order valence-corrected chi connectivity index (χ3v) is 4.24. The molecule has 0 aromatic carbocycles. The molecule has 0 saturated carbocycles. The summed E-state index contributed by atoms with van der Waals surface area (Å²) in [6.45, 7) is 0. The molecular formula is C19H16N4. The third kappa shape index (κ3) is 2.25. The van der Waals surface area contributed by atoms with Crippen LogP contribution in [0.5, 0.6) is 0 Å². The van der Waals surface area contributed by atoms with Crippen LogP contribution in [0, 0.1) is 0 Å². The van der Waals surface area contributed by atoms with Crippen molar-refractivity contribution < 1.29 is 0 Å². The van der Waals surface area contributed by atoms with E-state index in [0.29, 0.717) is 0 Å². The Bertz CT molecular complexity index is 1070. The number of aromatic amines is 3. The fraction of sp³-hybridized carbons (Fsp3) is 0.0526. The molecule has 4 nitrogen and oxygen atoms in total. The highest BCUT2D eigenvalue weighted by Crippen LogP contribution is 2.21. The van der Waals surface area contributed by atoms with E-state index in [-0.39, 0.29) is 0 Å². The highest BCUT2D eigenvalue weighted by atomic mass is 14.9. The van der Waals surface area contributed by atoms with Crippen molar-refractivity contribution >= 4 is 18.2 Å². The average molecular weight is 300 g/mol. The largest absolute Gasteiger partial charge is 0.359 e. The second kappa shape index (κ2) is 4.68. The van der Waals surface area contributed by atoms with Crippen LogP contribution in [0.2, 0.25) is 0 Å². The van der Waals surface area contributed by atoms with Gasteiger partial charge in [0.15, 0.2) is 0 Å². The van der Waals surface area contributed by atoms with E-state index < -0.39 is 0 Å². The summed E-state index contributed by atoms with van der Waals surface area (Å²) in [6.07, 6.45) is 9.55. The highest BCUT2D eigenvalue weighted by Gasteiger charge is 2.09. The molecule has 5 heterocycles. The molecule has 0 saturated heterocycles. The van der Waals surface area contributed by atoms with Crippen LogP contribution in [0.3, 0.4) is 0 Å². The first-order valence-corrected chi connectivity index (χ1v) is 7.76. The van der Waals surface area contributed by atoms with E-state index in [9.17, 15) is 0 Å². The number of fused-ring (bicyclic) bond motifs is 9. The zero-order valence-corrected chi connectivity index (χ0v) is 12.5. The third-order valence-electron chi connectivity index (χ3n) is 4.24. The van der Waals surface area contributed by atoms with E-state index in [1.54, 1.807) is 0 Å². The van der Waals surface area contributed by atoms with Crippen LogP contribution in [-0.2, 0) is 0 Å². The summed E-state index contributed by atoms with van der Waals surface area (Å²) in [7, 11) is 0. The van der Waals surface area contributed by atoms with Crippen LogP contribution in [0.1, 0.15) is 17.8 Å². The quantitative estimate of drug-likeness (QED) is 0.505. The van der Waals surface area contributed by atoms with Crippen LogP contribution in [-0.4, -0.2) is 15.0 Å². The maximum absolute atomic E-state index is 3.47. The number of H-pyrrole nitrogens is 3. The molecule has 4 heteroatoms. The van der Waals surface area contributed by atoms with Gasteiger partial charge in [-0.2, -0.15) is 0 Å². The van der Waals surface area contributed by atoms with Gasteiger partial charge in [0.05, 0.1) is 11.4 Å². The van der Waals surface area contributed by atoms with Gasteiger partial charge in [0.25, 0.3) is 0 Å². The Hall–Kier alpha value is -3.14. The molecule has 0 fully saturated rings. The van der Waals surface area contributed by atoms with Gasteiger partial charge in [0, 0.05) is 39.9 Å². The average Bonchev–Trinajstić information content (AvgIpc) is 3.28. The molecule has 0 spiro atoms. The van der Waals surface area contributed by atoms with Crippen LogP contribution < -0.4 is 16.0 Å². The summed E-state index contributed by atoms with van der Waals surface area (Å²) in [4.78, 5) is 10.3. The van der Waals surface area contributed by atoms with E-state index in [2.05, 4.69) is 81.0 Å². The van der Waals surface area contributed by atoms with Gasteiger partial charge in [-0.15, -0.1) is 0 Å². The fourth-order valence-corrected chi connectivity index (χ4v) is 3.12. The second-order valence-corrected chi connectivity index (χ2v) is 5.97. The molecule has 0 radical (unpaired) electrons. The van der Waals surface area contributed by atoms with E-state index in [0.717, 1.165) is 45.6 Å². The fourth-order valence-electron chi connectivity index (χ4n) is 3.12. The number of hydrogen-bond acceptors (Lipinski definition) is 1. The predicted octanol–water partition coefficient (Wildman–Crippen LogP) is 2.18. The summed E-state index contributed by atoms with van der Waals surface area (Å²) in [6, 6.07) is 12.6. The van der Waals surface area contributed by atoms with Crippen molar-refractivity contribution in [3.63, 3.8) is 0 Å². The highest BCUT2D eigenvalue weighted by molar-refractivity contribution is 5.64. The van der Waals surface area contributed by atoms with Crippen LogP contribution >= 0.6 is 0 Å². The normalized spacial score (nSPS) is 15.5. The molecule has 112 valence electrons. The van der Waals surface area contributed by atoms with Gasteiger partial charge in [-0.1, -0.05) is 6.08 Å². The molecule has 2 aliphatic heterocycles. The molecule has 0 atom stereocenters. The van der Waals surface area contributed by atoms with Gasteiger partial charge < -0.3 is 20.3 Å². The Balaban J connectivity index is 1.73. The summed E-state index contributed by atoms with van der Waals surface area (Å²) >= 11 is 0. The van der Waals surface area contributed by atoms with E-state index in [1.807, 2.05) is 0 Å². The van der Waals surface area contributed by atoms with Crippen LogP contribution in [0.4, 0.5) is 0 Å². The van der Waals surface area contributed by atoms with E-state index in [4.69, 9.17) is 0 Å². The van der Waals surface area contributed by atoms with Crippen molar-refractivity contribution in [3.05, 3.63) is 76.0 Å². The van der Waals surface area contributed by atoms with Gasteiger partial charge in [-0.05, 0) is 54.6 Å². The minimum Gasteiger partial charge on any atom is -0.359 e. The summed E-state index contributed by atoms with van der Waals surface area (Å²) < 4.78 is 0. The number of hydrogen-bond donors (Lipinski definition) is 4. The molecule has 0 amide bonds. The lowest BCUT2D eigenvalue weighted by atomic mass is 10.3. The lowest BCUT2D eigenvalue weighted by Crippen LogP contribution is -2.12.